The SMILES string of the molecule is Cc1ccc([C@@H](CC=O)NC(=O)OC(C)(C)C)c(Br)c1. The maximum atomic E-state index is 11.8. The third kappa shape index (κ3) is 5.33. The molecule has 0 aliphatic heterocycles. The Kier molecular flexibility index (Phi) is 5.74. The molecule has 1 aromatic carbocycles. The third-order valence-corrected chi connectivity index (χ3v) is 3.24. The van der Waals surface area contributed by atoms with Gasteiger partial charge in [-0.05, 0) is 44.9 Å². The Morgan fingerprint density at radius 1 is 1.45 bits per heavy atom. The van der Waals surface area contributed by atoms with Gasteiger partial charge in [-0.2, -0.15) is 0 Å². The van der Waals surface area contributed by atoms with Crippen molar-refractivity contribution in [1.29, 1.82) is 0 Å². The lowest BCUT2D eigenvalue weighted by molar-refractivity contribution is -0.108. The van der Waals surface area contributed by atoms with Crippen molar-refractivity contribution < 1.29 is 14.3 Å². The van der Waals surface area contributed by atoms with Crippen LogP contribution in [0.5, 0.6) is 0 Å². The molecule has 0 saturated heterocycles. The van der Waals surface area contributed by atoms with Crippen molar-refractivity contribution in [2.75, 3.05) is 0 Å². The number of halogens is 1. The van der Waals surface area contributed by atoms with Crippen LogP contribution >= 0.6 is 15.9 Å². The fraction of sp³-hybridized carbons (Fsp3) is 0.467. The highest BCUT2D eigenvalue weighted by Gasteiger charge is 2.21. The number of hydrogen-bond donors (Lipinski definition) is 1. The van der Waals surface area contributed by atoms with E-state index in [0.717, 1.165) is 21.9 Å². The van der Waals surface area contributed by atoms with Crippen LogP contribution in [0, 0.1) is 6.92 Å². The minimum absolute atomic E-state index is 0.195. The van der Waals surface area contributed by atoms with E-state index in [2.05, 4.69) is 21.2 Å². The largest absolute Gasteiger partial charge is 0.444 e. The molecule has 1 rings (SSSR count). The second-order valence-corrected chi connectivity index (χ2v) is 6.48. The molecule has 0 aliphatic rings. The Balaban J connectivity index is 2.89. The standard InChI is InChI=1S/C15H20BrNO3/c1-10-5-6-11(12(16)9-10)13(7-8-18)17-14(19)20-15(2,3)4/h5-6,8-9,13H,7H2,1-4H3,(H,17,19)/t13-/m1/s1. The summed E-state index contributed by atoms with van der Waals surface area (Å²) in [7, 11) is 0. The van der Waals surface area contributed by atoms with E-state index in [1.165, 1.54) is 0 Å². The molecule has 0 spiro atoms. The summed E-state index contributed by atoms with van der Waals surface area (Å²) in [6.07, 6.45) is 0.451. The smallest absolute Gasteiger partial charge is 0.408 e. The van der Waals surface area contributed by atoms with Gasteiger partial charge in [0.05, 0.1) is 6.04 Å². The van der Waals surface area contributed by atoms with Crippen molar-refractivity contribution in [2.24, 2.45) is 0 Å². The zero-order valence-corrected chi connectivity index (χ0v) is 13.8. The molecule has 0 saturated carbocycles. The van der Waals surface area contributed by atoms with E-state index in [1.54, 1.807) is 20.8 Å². The van der Waals surface area contributed by atoms with Crippen molar-refractivity contribution in [3.63, 3.8) is 0 Å². The lowest BCUT2D eigenvalue weighted by Gasteiger charge is -2.23. The van der Waals surface area contributed by atoms with Crippen molar-refractivity contribution >= 4 is 28.3 Å². The van der Waals surface area contributed by atoms with E-state index < -0.39 is 17.7 Å². The summed E-state index contributed by atoms with van der Waals surface area (Å²) < 4.78 is 6.08. The second kappa shape index (κ2) is 6.88. The van der Waals surface area contributed by atoms with E-state index >= 15 is 0 Å². The zero-order valence-electron chi connectivity index (χ0n) is 12.2. The Labute approximate surface area is 128 Å². The first-order valence-electron chi connectivity index (χ1n) is 6.42. The normalized spacial score (nSPS) is 12.7. The van der Waals surface area contributed by atoms with E-state index in [9.17, 15) is 9.59 Å². The molecule has 4 nitrogen and oxygen atoms in total. The Morgan fingerprint density at radius 2 is 2.10 bits per heavy atom. The predicted octanol–water partition coefficient (Wildman–Crippen LogP) is 3.91. The maximum absolute atomic E-state index is 11.8. The molecule has 0 radical (unpaired) electrons. The van der Waals surface area contributed by atoms with Crippen LogP contribution in [0.3, 0.4) is 0 Å². The molecule has 110 valence electrons. The first-order valence-corrected chi connectivity index (χ1v) is 7.21. The predicted molar refractivity (Wildman–Crippen MR) is 81.7 cm³/mol. The van der Waals surface area contributed by atoms with Gasteiger partial charge in [0.25, 0.3) is 0 Å². The number of benzene rings is 1. The fourth-order valence-corrected chi connectivity index (χ4v) is 2.49. The lowest BCUT2D eigenvalue weighted by atomic mass is 10.0. The van der Waals surface area contributed by atoms with Gasteiger partial charge >= 0.3 is 6.09 Å². The molecular weight excluding hydrogens is 322 g/mol. The van der Waals surface area contributed by atoms with Crippen molar-refractivity contribution in [3.05, 3.63) is 33.8 Å². The van der Waals surface area contributed by atoms with Crippen LogP contribution in [0.2, 0.25) is 0 Å². The summed E-state index contributed by atoms with van der Waals surface area (Å²) in [6, 6.07) is 5.38. The molecular formula is C15H20BrNO3. The summed E-state index contributed by atoms with van der Waals surface area (Å²) in [5, 5.41) is 2.73. The number of aryl methyl sites for hydroxylation is 1. The Morgan fingerprint density at radius 3 is 2.60 bits per heavy atom. The van der Waals surface area contributed by atoms with Crippen LogP contribution in [-0.4, -0.2) is 18.0 Å². The third-order valence-electron chi connectivity index (χ3n) is 2.55. The second-order valence-electron chi connectivity index (χ2n) is 5.63. The first kappa shape index (κ1) is 16.7. The monoisotopic (exact) mass is 341 g/mol. The van der Waals surface area contributed by atoms with Crippen LogP contribution in [0.15, 0.2) is 22.7 Å². The molecule has 1 aromatic rings. The average molecular weight is 342 g/mol. The number of hydrogen-bond acceptors (Lipinski definition) is 3. The van der Waals surface area contributed by atoms with E-state index in [4.69, 9.17) is 4.74 Å². The number of nitrogens with one attached hydrogen (secondary N) is 1. The highest BCUT2D eigenvalue weighted by atomic mass is 79.9. The number of ether oxygens (including phenoxy) is 1. The van der Waals surface area contributed by atoms with Gasteiger partial charge in [-0.3, -0.25) is 0 Å². The number of carbonyl (C=O) groups excluding carboxylic acids is 2. The Hall–Kier alpha value is -1.36. The average Bonchev–Trinajstić information content (AvgIpc) is 2.25. The molecule has 20 heavy (non-hydrogen) atoms. The van der Waals surface area contributed by atoms with Gasteiger partial charge in [0.1, 0.15) is 11.9 Å². The topological polar surface area (TPSA) is 55.4 Å². The summed E-state index contributed by atoms with van der Waals surface area (Å²) >= 11 is 3.46. The number of carbonyl (C=O) groups is 2. The van der Waals surface area contributed by atoms with E-state index in [-0.39, 0.29) is 6.42 Å². The summed E-state index contributed by atoms with van der Waals surface area (Å²) in [4.78, 5) is 22.7. The van der Waals surface area contributed by atoms with Crippen LogP contribution in [0.1, 0.15) is 44.4 Å². The van der Waals surface area contributed by atoms with E-state index in [1.807, 2.05) is 25.1 Å². The molecule has 0 heterocycles. The zero-order chi connectivity index (χ0) is 15.3. The lowest BCUT2D eigenvalue weighted by Crippen LogP contribution is -2.35. The number of rotatable bonds is 4. The van der Waals surface area contributed by atoms with Gasteiger partial charge in [-0.15, -0.1) is 0 Å². The van der Waals surface area contributed by atoms with Gasteiger partial charge in [-0.1, -0.05) is 28.1 Å². The Bertz CT molecular complexity index is 494. The molecule has 0 unspecified atom stereocenters. The first-order chi connectivity index (χ1) is 9.23. The molecule has 0 aliphatic carbocycles. The molecule has 0 bridgehead atoms. The number of amides is 1. The molecule has 0 fully saturated rings. The van der Waals surface area contributed by atoms with Crippen molar-refractivity contribution in [3.8, 4) is 0 Å². The molecule has 5 heteroatoms. The van der Waals surface area contributed by atoms with Crippen LogP contribution < -0.4 is 5.32 Å². The van der Waals surface area contributed by atoms with E-state index in [0.29, 0.717) is 0 Å². The van der Waals surface area contributed by atoms with Gasteiger partial charge in [0.2, 0.25) is 0 Å². The summed E-state index contributed by atoms with van der Waals surface area (Å²) in [5.74, 6) is 0. The molecule has 1 atom stereocenters. The van der Waals surface area contributed by atoms with Crippen LogP contribution in [-0.2, 0) is 9.53 Å². The molecule has 1 amide bonds. The van der Waals surface area contributed by atoms with Gasteiger partial charge in [-0.25, -0.2) is 4.79 Å². The fourth-order valence-electron chi connectivity index (χ4n) is 1.72. The van der Waals surface area contributed by atoms with Crippen molar-refractivity contribution in [1.82, 2.24) is 5.32 Å². The van der Waals surface area contributed by atoms with Crippen LogP contribution in [0.4, 0.5) is 4.79 Å². The highest BCUT2D eigenvalue weighted by Crippen LogP contribution is 2.26. The number of aldehydes is 1. The maximum Gasteiger partial charge on any atom is 0.408 e. The quantitative estimate of drug-likeness (QED) is 0.844. The molecule has 0 aromatic heterocycles. The van der Waals surface area contributed by atoms with Crippen LogP contribution in [0.25, 0.3) is 0 Å². The van der Waals surface area contributed by atoms with Gasteiger partial charge < -0.3 is 14.8 Å². The highest BCUT2D eigenvalue weighted by molar-refractivity contribution is 9.10. The minimum Gasteiger partial charge on any atom is -0.444 e. The van der Waals surface area contributed by atoms with Crippen molar-refractivity contribution in [2.45, 2.75) is 45.8 Å². The summed E-state index contributed by atoms with van der Waals surface area (Å²) in [5.41, 5.74) is 1.39. The molecule has 1 N–H and O–H groups in total. The van der Waals surface area contributed by atoms with Gasteiger partial charge in [0.15, 0.2) is 0 Å². The summed E-state index contributed by atoms with van der Waals surface area (Å²) in [6.45, 7) is 7.36. The number of alkyl carbamates (subject to hydrolysis) is 1. The van der Waals surface area contributed by atoms with Gasteiger partial charge in [0, 0.05) is 10.9 Å². The minimum atomic E-state index is -0.569.